The molecule has 1 aliphatic heterocycles. The van der Waals surface area contributed by atoms with E-state index in [2.05, 4.69) is 4.98 Å². The van der Waals surface area contributed by atoms with Crippen molar-refractivity contribution in [2.75, 3.05) is 13.1 Å². The molecule has 0 aliphatic carbocycles. The minimum Gasteiger partial charge on any atom is -0.487 e. The molecule has 1 aromatic carbocycles. The van der Waals surface area contributed by atoms with Gasteiger partial charge in [0.1, 0.15) is 16.9 Å². The Labute approximate surface area is 157 Å². The van der Waals surface area contributed by atoms with Crippen molar-refractivity contribution in [3.63, 3.8) is 0 Å². The quantitative estimate of drug-likeness (QED) is 0.728. The van der Waals surface area contributed by atoms with Crippen LogP contribution in [-0.4, -0.2) is 42.7 Å². The molecule has 8 heteroatoms. The summed E-state index contributed by atoms with van der Waals surface area (Å²) in [6.07, 6.45) is 4.22. The maximum Gasteiger partial charge on any atom is 0.243 e. The monoisotopic (exact) mass is 394 g/mol. The molecule has 1 unspecified atom stereocenters. The van der Waals surface area contributed by atoms with E-state index in [1.807, 2.05) is 0 Å². The third kappa shape index (κ3) is 4.06. The molecule has 0 radical (unpaired) electrons. The Kier molecular flexibility index (Phi) is 5.60. The van der Waals surface area contributed by atoms with Gasteiger partial charge in [0, 0.05) is 30.6 Å². The summed E-state index contributed by atoms with van der Waals surface area (Å²) in [6.45, 7) is 2.12. The summed E-state index contributed by atoms with van der Waals surface area (Å²) < 4.78 is 33.1. The first-order chi connectivity index (χ1) is 12.4. The lowest BCUT2D eigenvalue weighted by molar-refractivity contribution is 0.101. The molecule has 2 aromatic rings. The molecule has 0 bridgehead atoms. The number of hydrogen-bond donors (Lipinski definition) is 0. The predicted molar refractivity (Wildman–Crippen MR) is 98.1 cm³/mol. The van der Waals surface area contributed by atoms with Gasteiger partial charge in [0.15, 0.2) is 5.78 Å². The number of piperidine rings is 1. The molecule has 1 aromatic heterocycles. The van der Waals surface area contributed by atoms with Gasteiger partial charge in [-0.2, -0.15) is 4.31 Å². The average Bonchev–Trinajstić information content (AvgIpc) is 2.64. The Morgan fingerprint density at radius 2 is 2.00 bits per heavy atom. The van der Waals surface area contributed by atoms with Crippen LogP contribution in [-0.2, 0) is 10.0 Å². The third-order valence-electron chi connectivity index (χ3n) is 4.27. The fourth-order valence-electron chi connectivity index (χ4n) is 2.87. The number of aromatic nitrogens is 1. The highest BCUT2D eigenvalue weighted by atomic mass is 35.5. The van der Waals surface area contributed by atoms with Crippen molar-refractivity contribution >= 4 is 27.4 Å². The van der Waals surface area contributed by atoms with Gasteiger partial charge < -0.3 is 4.74 Å². The first-order valence-electron chi connectivity index (χ1n) is 8.25. The minimum atomic E-state index is -3.64. The van der Waals surface area contributed by atoms with Crippen molar-refractivity contribution in [1.82, 2.24) is 9.29 Å². The molecule has 0 saturated carbocycles. The van der Waals surface area contributed by atoms with E-state index in [0.29, 0.717) is 29.3 Å². The molecule has 3 rings (SSSR count). The molecule has 1 fully saturated rings. The van der Waals surface area contributed by atoms with E-state index in [-0.39, 0.29) is 23.3 Å². The second-order valence-electron chi connectivity index (χ2n) is 6.13. The van der Waals surface area contributed by atoms with Crippen molar-refractivity contribution in [3.05, 3.63) is 53.3 Å². The van der Waals surface area contributed by atoms with Crippen LogP contribution in [0.5, 0.6) is 5.75 Å². The average molecular weight is 395 g/mol. The number of rotatable bonds is 5. The summed E-state index contributed by atoms with van der Waals surface area (Å²) in [5.41, 5.74) is 0.483. The molecule has 1 aliphatic rings. The van der Waals surface area contributed by atoms with Crippen molar-refractivity contribution in [2.24, 2.45) is 0 Å². The van der Waals surface area contributed by atoms with E-state index in [4.69, 9.17) is 16.3 Å². The standard InChI is InChI=1S/C18H19ClN2O4S/c1-13(22)14-4-6-16(7-5-14)26(23,24)21-10-2-3-15(12-21)25-18-8-9-20-11-17(18)19/h4-9,11,15H,2-3,10,12H2,1H3. The lowest BCUT2D eigenvalue weighted by Crippen LogP contribution is -2.44. The molecular weight excluding hydrogens is 376 g/mol. The smallest absolute Gasteiger partial charge is 0.243 e. The number of benzene rings is 1. The second kappa shape index (κ2) is 7.73. The van der Waals surface area contributed by atoms with Gasteiger partial charge in [0.2, 0.25) is 10.0 Å². The van der Waals surface area contributed by atoms with Crippen molar-refractivity contribution in [3.8, 4) is 5.75 Å². The molecule has 1 atom stereocenters. The lowest BCUT2D eigenvalue weighted by atomic mass is 10.1. The van der Waals surface area contributed by atoms with Crippen LogP contribution >= 0.6 is 11.6 Å². The molecule has 0 N–H and O–H groups in total. The number of hydrogen-bond acceptors (Lipinski definition) is 5. The van der Waals surface area contributed by atoms with Crippen LogP contribution in [0.15, 0.2) is 47.6 Å². The van der Waals surface area contributed by atoms with Crippen LogP contribution < -0.4 is 4.74 Å². The lowest BCUT2D eigenvalue weighted by Gasteiger charge is -2.32. The van der Waals surface area contributed by atoms with E-state index >= 15 is 0 Å². The molecular formula is C18H19ClN2O4S. The zero-order valence-corrected chi connectivity index (χ0v) is 15.8. The fourth-order valence-corrected chi connectivity index (χ4v) is 4.54. The Morgan fingerprint density at radius 3 is 2.65 bits per heavy atom. The molecule has 1 saturated heterocycles. The van der Waals surface area contributed by atoms with Crippen LogP contribution in [0.3, 0.4) is 0 Å². The highest BCUT2D eigenvalue weighted by Gasteiger charge is 2.31. The highest BCUT2D eigenvalue weighted by Crippen LogP contribution is 2.27. The van der Waals surface area contributed by atoms with Gasteiger partial charge in [-0.25, -0.2) is 8.42 Å². The number of pyridine rings is 1. The van der Waals surface area contributed by atoms with Gasteiger partial charge in [-0.3, -0.25) is 9.78 Å². The molecule has 26 heavy (non-hydrogen) atoms. The number of Topliss-reactive ketones (excluding diaryl/α,β-unsaturated/α-hetero) is 1. The summed E-state index contributed by atoms with van der Waals surface area (Å²) in [4.78, 5) is 15.4. The van der Waals surface area contributed by atoms with Crippen LogP contribution in [0.1, 0.15) is 30.1 Å². The Bertz CT molecular complexity index is 900. The number of ether oxygens (including phenoxy) is 1. The van der Waals surface area contributed by atoms with Crippen molar-refractivity contribution in [1.29, 1.82) is 0 Å². The molecule has 138 valence electrons. The van der Waals surface area contributed by atoms with Gasteiger partial charge in [-0.1, -0.05) is 23.7 Å². The number of halogens is 1. The summed E-state index contributed by atoms with van der Waals surface area (Å²) in [5, 5.41) is 0.396. The van der Waals surface area contributed by atoms with Gasteiger partial charge in [-0.15, -0.1) is 0 Å². The van der Waals surface area contributed by atoms with Crippen LogP contribution in [0.25, 0.3) is 0 Å². The Morgan fingerprint density at radius 1 is 1.27 bits per heavy atom. The Balaban J connectivity index is 1.75. The third-order valence-corrected chi connectivity index (χ3v) is 6.43. The van der Waals surface area contributed by atoms with E-state index in [1.54, 1.807) is 12.3 Å². The summed E-state index contributed by atoms with van der Waals surface area (Å²) in [7, 11) is -3.64. The number of carbonyl (C=O) groups excluding carboxylic acids is 1. The van der Waals surface area contributed by atoms with Gasteiger partial charge in [0.25, 0.3) is 0 Å². The number of nitrogens with zero attached hydrogens (tertiary/aromatic N) is 2. The Hall–Kier alpha value is -1.96. The molecule has 6 nitrogen and oxygen atoms in total. The van der Waals surface area contributed by atoms with E-state index in [0.717, 1.165) is 6.42 Å². The van der Waals surface area contributed by atoms with Gasteiger partial charge in [-0.05, 0) is 31.9 Å². The van der Waals surface area contributed by atoms with Crippen LogP contribution in [0.4, 0.5) is 0 Å². The van der Waals surface area contributed by atoms with E-state index in [9.17, 15) is 13.2 Å². The molecule has 0 spiro atoms. The normalized spacial score (nSPS) is 18.5. The zero-order valence-electron chi connectivity index (χ0n) is 14.3. The summed E-state index contributed by atoms with van der Waals surface area (Å²) in [6, 6.07) is 7.66. The van der Waals surface area contributed by atoms with E-state index < -0.39 is 10.0 Å². The predicted octanol–water partition coefficient (Wildman–Crippen LogP) is 3.17. The second-order valence-corrected chi connectivity index (χ2v) is 8.48. The summed E-state index contributed by atoms with van der Waals surface area (Å²) in [5.74, 6) is 0.395. The van der Waals surface area contributed by atoms with Crippen LogP contribution in [0.2, 0.25) is 5.02 Å². The van der Waals surface area contributed by atoms with Crippen molar-refractivity contribution < 1.29 is 17.9 Å². The maximum atomic E-state index is 12.9. The minimum absolute atomic E-state index is 0.102. The first kappa shape index (κ1) is 18.8. The fraction of sp³-hybridized carbons (Fsp3) is 0.333. The van der Waals surface area contributed by atoms with Gasteiger partial charge in [0.05, 0.1) is 11.4 Å². The number of carbonyl (C=O) groups is 1. The first-order valence-corrected chi connectivity index (χ1v) is 10.1. The SMILES string of the molecule is CC(=O)c1ccc(S(=O)(=O)N2CCCC(Oc3ccncc3Cl)C2)cc1. The largest absolute Gasteiger partial charge is 0.487 e. The number of sulfonamides is 1. The number of ketones is 1. The zero-order chi connectivity index (χ0) is 18.7. The van der Waals surface area contributed by atoms with Gasteiger partial charge >= 0.3 is 0 Å². The molecule has 0 amide bonds. The summed E-state index contributed by atoms with van der Waals surface area (Å²) >= 11 is 6.06. The topological polar surface area (TPSA) is 76.6 Å². The van der Waals surface area contributed by atoms with Crippen molar-refractivity contribution in [2.45, 2.75) is 30.8 Å². The molecule has 2 heterocycles. The van der Waals surface area contributed by atoms with Crippen LogP contribution in [0, 0.1) is 0 Å². The maximum absolute atomic E-state index is 12.9. The highest BCUT2D eigenvalue weighted by molar-refractivity contribution is 7.89. The van der Waals surface area contributed by atoms with E-state index in [1.165, 1.54) is 41.7 Å².